The summed E-state index contributed by atoms with van der Waals surface area (Å²) in [5.41, 5.74) is 0.903. The lowest BCUT2D eigenvalue weighted by Gasteiger charge is -2.38. The number of carboxylic acids is 1. The number of aromatic hydroxyl groups is 1. The van der Waals surface area contributed by atoms with E-state index in [2.05, 4.69) is 20.8 Å². The molecule has 0 radical (unpaired) electrons. The van der Waals surface area contributed by atoms with Gasteiger partial charge in [-0.3, -0.25) is 0 Å². The molecule has 0 heterocycles. The maximum atomic E-state index is 11.5. The minimum absolute atomic E-state index is 0.0947. The maximum Gasteiger partial charge on any atom is 0.339 e. The second-order valence-electron chi connectivity index (χ2n) is 6.48. The lowest BCUT2D eigenvalue weighted by Crippen LogP contribution is -2.27. The average molecular weight is 276 g/mol. The van der Waals surface area contributed by atoms with Crippen LogP contribution in [0, 0.1) is 17.8 Å². The fourth-order valence-corrected chi connectivity index (χ4v) is 3.66. The molecular formula is C17H24O3. The predicted octanol–water partition coefficient (Wildman–Crippen LogP) is 4.27. The number of hydrogen-bond acceptors (Lipinski definition) is 2. The number of carbonyl (C=O) groups is 1. The maximum absolute atomic E-state index is 11.5. The summed E-state index contributed by atoms with van der Waals surface area (Å²) in [6.45, 7) is 6.64. The van der Waals surface area contributed by atoms with Gasteiger partial charge in [-0.05, 0) is 48.1 Å². The fourth-order valence-electron chi connectivity index (χ4n) is 3.66. The monoisotopic (exact) mass is 276 g/mol. The summed E-state index contributed by atoms with van der Waals surface area (Å²) in [7, 11) is 0. The first-order valence-corrected chi connectivity index (χ1v) is 7.47. The minimum Gasteiger partial charge on any atom is -0.507 e. The summed E-state index contributed by atoms with van der Waals surface area (Å²) in [6.07, 6.45) is 3.35. The highest BCUT2D eigenvalue weighted by molar-refractivity contribution is 5.92. The minimum atomic E-state index is -1.03. The highest BCUT2D eigenvalue weighted by Crippen LogP contribution is 2.45. The second-order valence-corrected chi connectivity index (χ2v) is 6.48. The third-order valence-corrected chi connectivity index (χ3v) is 4.71. The molecule has 110 valence electrons. The zero-order valence-electron chi connectivity index (χ0n) is 12.5. The first kappa shape index (κ1) is 14.9. The number of rotatable bonds is 3. The molecule has 0 spiro atoms. The molecule has 0 aliphatic heterocycles. The standard InChI is InChI=1S/C17H24O3/c1-10(2)12-8-7-11(3)9-14(12)13-5-4-6-15(18)16(13)17(19)20/h4-6,10-12,14,18H,7-9H2,1-3H3,(H,19,20). The average Bonchev–Trinajstić information content (AvgIpc) is 2.37. The Morgan fingerprint density at radius 1 is 1.30 bits per heavy atom. The van der Waals surface area contributed by atoms with E-state index in [-0.39, 0.29) is 17.2 Å². The van der Waals surface area contributed by atoms with E-state index in [4.69, 9.17) is 0 Å². The number of hydrogen-bond donors (Lipinski definition) is 2. The van der Waals surface area contributed by atoms with Crippen molar-refractivity contribution in [1.82, 2.24) is 0 Å². The lowest BCUT2D eigenvalue weighted by molar-refractivity contribution is 0.0689. The van der Waals surface area contributed by atoms with Crippen molar-refractivity contribution in [3.05, 3.63) is 29.3 Å². The molecule has 1 aromatic rings. The molecule has 2 N–H and O–H groups in total. The predicted molar refractivity (Wildman–Crippen MR) is 79.2 cm³/mol. The van der Waals surface area contributed by atoms with Crippen LogP contribution in [0.4, 0.5) is 0 Å². The summed E-state index contributed by atoms with van der Waals surface area (Å²) in [6, 6.07) is 5.10. The molecule has 1 aromatic carbocycles. The Morgan fingerprint density at radius 2 is 2.00 bits per heavy atom. The molecule has 0 saturated heterocycles. The smallest absolute Gasteiger partial charge is 0.339 e. The van der Waals surface area contributed by atoms with Gasteiger partial charge >= 0.3 is 5.97 Å². The van der Waals surface area contributed by atoms with Crippen molar-refractivity contribution in [2.24, 2.45) is 17.8 Å². The van der Waals surface area contributed by atoms with Crippen molar-refractivity contribution < 1.29 is 15.0 Å². The number of benzene rings is 1. The van der Waals surface area contributed by atoms with Crippen LogP contribution in [-0.2, 0) is 0 Å². The molecule has 3 nitrogen and oxygen atoms in total. The quantitative estimate of drug-likeness (QED) is 0.867. The van der Waals surface area contributed by atoms with Gasteiger partial charge < -0.3 is 10.2 Å². The highest BCUT2D eigenvalue weighted by atomic mass is 16.4. The topological polar surface area (TPSA) is 57.5 Å². The molecule has 1 fully saturated rings. The third-order valence-electron chi connectivity index (χ3n) is 4.71. The van der Waals surface area contributed by atoms with E-state index in [9.17, 15) is 15.0 Å². The van der Waals surface area contributed by atoms with Crippen LogP contribution in [0.15, 0.2) is 18.2 Å². The molecule has 0 aromatic heterocycles. The van der Waals surface area contributed by atoms with Crippen molar-refractivity contribution in [2.75, 3.05) is 0 Å². The van der Waals surface area contributed by atoms with Crippen LogP contribution in [0.5, 0.6) is 5.75 Å². The zero-order valence-corrected chi connectivity index (χ0v) is 12.5. The summed E-state index contributed by atoms with van der Waals surface area (Å²) in [5, 5.41) is 19.3. The van der Waals surface area contributed by atoms with E-state index in [0.29, 0.717) is 17.8 Å². The Labute approximate surface area is 120 Å². The van der Waals surface area contributed by atoms with Crippen LogP contribution in [-0.4, -0.2) is 16.2 Å². The zero-order chi connectivity index (χ0) is 14.9. The van der Waals surface area contributed by atoms with Gasteiger partial charge in [0, 0.05) is 0 Å². The Balaban J connectivity index is 2.46. The normalized spacial score (nSPS) is 26.7. The van der Waals surface area contributed by atoms with Gasteiger partial charge in [0.25, 0.3) is 0 Å². The van der Waals surface area contributed by atoms with Crippen molar-refractivity contribution in [2.45, 2.75) is 46.0 Å². The van der Waals surface area contributed by atoms with E-state index in [1.54, 1.807) is 6.07 Å². The van der Waals surface area contributed by atoms with Crippen LogP contribution in [0.1, 0.15) is 61.9 Å². The van der Waals surface area contributed by atoms with Crippen LogP contribution in [0.25, 0.3) is 0 Å². The SMILES string of the molecule is CC1CCC(C(C)C)C(c2cccc(O)c2C(=O)O)C1. The lowest BCUT2D eigenvalue weighted by atomic mass is 9.67. The first-order chi connectivity index (χ1) is 9.41. The molecule has 0 amide bonds. The molecule has 3 unspecified atom stereocenters. The summed E-state index contributed by atoms with van der Waals surface area (Å²) < 4.78 is 0. The van der Waals surface area contributed by atoms with Crippen LogP contribution < -0.4 is 0 Å². The van der Waals surface area contributed by atoms with Gasteiger partial charge in [0.2, 0.25) is 0 Å². The van der Waals surface area contributed by atoms with Crippen LogP contribution in [0.2, 0.25) is 0 Å². The van der Waals surface area contributed by atoms with Gasteiger partial charge in [0.1, 0.15) is 11.3 Å². The summed E-state index contributed by atoms with van der Waals surface area (Å²) >= 11 is 0. The second kappa shape index (κ2) is 5.86. The van der Waals surface area contributed by atoms with Crippen molar-refractivity contribution >= 4 is 5.97 Å². The van der Waals surface area contributed by atoms with Gasteiger partial charge in [0.15, 0.2) is 0 Å². The van der Waals surface area contributed by atoms with E-state index in [1.165, 1.54) is 12.5 Å². The Kier molecular flexibility index (Phi) is 4.36. The Bertz CT molecular complexity index is 493. The highest BCUT2D eigenvalue weighted by Gasteiger charge is 2.34. The molecule has 1 aliphatic carbocycles. The van der Waals surface area contributed by atoms with E-state index in [1.807, 2.05) is 6.07 Å². The van der Waals surface area contributed by atoms with Gasteiger partial charge in [-0.15, -0.1) is 0 Å². The van der Waals surface area contributed by atoms with Crippen molar-refractivity contribution in [3.63, 3.8) is 0 Å². The summed E-state index contributed by atoms with van der Waals surface area (Å²) in [5.74, 6) is 0.716. The molecule has 1 saturated carbocycles. The molecule has 2 rings (SSSR count). The van der Waals surface area contributed by atoms with E-state index < -0.39 is 5.97 Å². The summed E-state index contributed by atoms with van der Waals surface area (Å²) in [4.78, 5) is 11.5. The van der Waals surface area contributed by atoms with Gasteiger partial charge in [-0.2, -0.15) is 0 Å². The van der Waals surface area contributed by atoms with Crippen LogP contribution >= 0.6 is 0 Å². The van der Waals surface area contributed by atoms with Crippen LogP contribution in [0.3, 0.4) is 0 Å². The molecule has 0 bridgehead atoms. The largest absolute Gasteiger partial charge is 0.507 e. The molecular weight excluding hydrogens is 252 g/mol. The number of aromatic carboxylic acids is 1. The fraction of sp³-hybridized carbons (Fsp3) is 0.588. The van der Waals surface area contributed by atoms with Crippen molar-refractivity contribution in [3.8, 4) is 5.75 Å². The van der Waals surface area contributed by atoms with Gasteiger partial charge in [-0.25, -0.2) is 4.79 Å². The molecule has 1 aliphatic rings. The molecule has 3 atom stereocenters. The van der Waals surface area contributed by atoms with Crippen molar-refractivity contribution in [1.29, 1.82) is 0 Å². The van der Waals surface area contributed by atoms with Gasteiger partial charge in [0.05, 0.1) is 0 Å². The first-order valence-electron chi connectivity index (χ1n) is 7.47. The molecule has 20 heavy (non-hydrogen) atoms. The Morgan fingerprint density at radius 3 is 2.60 bits per heavy atom. The van der Waals surface area contributed by atoms with Gasteiger partial charge in [-0.1, -0.05) is 39.3 Å². The van der Waals surface area contributed by atoms with E-state index >= 15 is 0 Å². The third kappa shape index (κ3) is 2.82. The molecule has 3 heteroatoms. The number of phenols is 1. The Hall–Kier alpha value is -1.51. The number of carboxylic acid groups (broad SMARTS) is 1. The van der Waals surface area contributed by atoms with E-state index in [0.717, 1.165) is 18.4 Å².